The minimum atomic E-state index is -1.00. The summed E-state index contributed by atoms with van der Waals surface area (Å²) in [5.41, 5.74) is -0.247. The number of para-hydroxylation sites is 3. The van der Waals surface area contributed by atoms with Gasteiger partial charge >= 0.3 is 0 Å². The van der Waals surface area contributed by atoms with Crippen LogP contribution in [0.3, 0.4) is 0 Å². The van der Waals surface area contributed by atoms with Crippen LogP contribution in [0.2, 0.25) is 0 Å². The van der Waals surface area contributed by atoms with Gasteiger partial charge in [-0.05, 0) is 38.1 Å². The molecule has 1 aliphatic heterocycles. The number of hydrogen-bond donors (Lipinski definition) is 1. The maximum absolute atomic E-state index is 13.6. The lowest BCUT2D eigenvalue weighted by atomic mass is 10.0. The summed E-state index contributed by atoms with van der Waals surface area (Å²) >= 11 is 0. The Bertz CT molecular complexity index is 820. The van der Waals surface area contributed by atoms with E-state index in [1.807, 2.05) is 6.07 Å². The molecule has 0 aromatic heterocycles. The van der Waals surface area contributed by atoms with Crippen molar-refractivity contribution >= 4 is 23.2 Å². The number of nitrogens with one attached hydrogen (secondary N) is 1. The quantitative estimate of drug-likeness (QED) is 0.927. The van der Waals surface area contributed by atoms with E-state index < -0.39 is 11.4 Å². The van der Waals surface area contributed by atoms with E-state index in [0.717, 1.165) is 0 Å². The molecule has 0 bridgehead atoms. The SMILES string of the molecule is CC1(C)Oc2ccccc2N(CCC(=O)Nc2ccccc2F)C1=O. The predicted molar refractivity (Wildman–Crippen MR) is 93.1 cm³/mol. The molecule has 0 radical (unpaired) electrons. The number of benzene rings is 2. The fourth-order valence-electron chi connectivity index (χ4n) is 2.73. The summed E-state index contributed by atoms with van der Waals surface area (Å²) in [6.07, 6.45) is 0.0461. The Balaban J connectivity index is 1.73. The topological polar surface area (TPSA) is 58.6 Å². The number of halogens is 1. The second kappa shape index (κ2) is 6.55. The highest BCUT2D eigenvalue weighted by molar-refractivity contribution is 6.03. The van der Waals surface area contributed by atoms with E-state index in [2.05, 4.69) is 5.32 Å². The van der Waals surface area contributed by atoms with E-state index in [9.17, 15) is 14.0 Å². The molecule has 6 heteroatoms. The first-order chi connectivity index (χ1) is 11.9. The van der Waals surface area contributed by atoms with Crippen LogP contribution < -0.4 is 15.0 Å². The zero-order chi connectivity index (χ0) is 18.0. The van der Waals surface area contributed by atoms with Gasteiger partial charge in [0, 0.05) is 13.0 Å². The summed E-state index contributed by atoms with van der Waals surface area (Å²) in [6.45, 7) is 3.57. The smallest absolute Gasteiger partial charge is 0.270 e. The lowest BCUT2D eigenvalue weighted by molar-refractivity contribution is -0.132. The Kier molecular flexibility index (Phi) is 4.44. The minimum absolute atomic E-state index is 0.0461. The zero-order valence-electron chi connectivity index (χ0n) is 14.1. The summed E-state index contributed by atoms with van der Waals surface area (Å²) < 4.78 is 19.3. The van der Waals surface area contributed by atoms with Gasteiger partial charge in [-0.15, -0.1) is 0 Å². The van der Waals surface area contributed by atoms with Crippen molar-refractivity contribution in [3.05, 3.63) is 54.3 Å². The molecule has 0 atom stereocenters. The van der Waals surface area contributed by atoms with E-state index in [-0.39, 0.29) is 30.5 Å². The van der Waals surface area contributed by atoms with Crippen molar-refractivity contribution in [2.45, 2.75) is 25.9 Å². The van der Waals surface area contributed by atoms with E-state index in [1.54, 1.807) is 49.1 Å². The number of hydrogen-bond acceptors (Lipinski definition) is 3. The van der Waals surface area contributed by atoms with Gasteiger partial charge in [0.2, 0.25) is 5.91 Å². The summed E-state index contributed by atoms with van der Waals surface area (Å²) in [5.74, 6) is -0.476. The summed E-state index contributed by atoms with van der Waals surface area (Å²) in [7, 11) is 0. The highest BCUT2D eigenvalue weighted by Gasteiger charge is 2.40. The van der Waals surface area contributed by atoms with Gasteiger partial charge in [0.15, 0.2) is 5.60 Å². The fraction of sp³-hybridized carbons (Fsp3) is 0.263. The zero-order valence-corrected chi connectivity index (χ0v) is 14.1. The third-order valence-corrected chi connectivity index (χ3v) is 3.99. The van der Waals surface area contributed by atoms with Gasteiger partial charge in [0.1, 0.15) is 11.6 Å². The summed E-state index contributed by atoms with van der Waals surface area (Å²) in [5, 5.41) is 2.53. The number of carbonyl (C=O) groups excluding carboxylic acids is 2. The Morgan fingerprint density at radius 1 is 1.16 bits per heavy atom. The van der Waals surface area contributed by atoms with Crippen LogP contribution in [0.5, 0.6) is 5.75 Å². The number of amides is 2. The minimum Gasteiger partial charge on any atom is -0.476 e. The fourth-order valence-corrected chi connectivity index (χ4v) is 2.73. The van der Waals surface area contributed by atoms with E-state index in [0.29, 0.717) is 11.4 Å². The molecule has 2 aromatic carbocycles. The van der Waals surface area contributed by atoms with Gasteiger partial charge in [-0.1, -0.05) is 24.3 Å². The summed E-state index contributed by atoms with van der Waals surface area (Å²) in [6, 6.07) is 13.2. The van der Waals surface area contributed by atoms with Crippen molar-refractivity contribution in [3.8, 4) is 5.75 Å². The Hall–Kier alpha value is -2.89. The number of carbonyl (C=O) groups is 2. The van der Waals surface area contributed by atoms with Crippen molar-refractivity contribution in [3.63, 3.8) is 0 Å². The Labute approximate surface area is 145 Å². The number of anilines is 2. The van der Waals surface area contributed by atoms with Crippen LogP contribution in [0.15, 0.2) is 48.5 Å². The molecule has 2 aromatic rings. The molecule has 2 amide bonds. The van der Waals surface area contributed by atoms with Gasteiger partial charge in [-0.2, -0.15) is 0 Å². The van der Waals surface area contributed by atoms with Gasteiger partial charge in [-0.3, -0.25) is 9.59 Å². The highest BCUT2D eigenvalue weighted by atomic mass is 19.1. The standard InChI is InChI=1S/C19H19FN2O3/c1-19(2)18(24)22(15-9-5-6-10-16(15)25-19)12-11-17(23)21-14-8-4-3-7-13(14)20/h3-10H,11-12H2,1-2H3,(H,21,23). The second-order valence-electron chi connectivity index (χ2n) is 6.31. The van der Waals surface area contributed by atoms with Gasteiger partial charge < -0.3 is 15.0 Å². The third-order valence-electron chi connectivity index (χ3n) is 3.99. The first-order valence-corrected chi connectivity index (χ1v) is 8.03. The van der Waals surface area contributed by atoms with Crippen LogP contribution in [0, 0.1) is 5.82 Å². The van der Waals surface area contributed by atoms with Crippen LogP contribution >= 0.6 is 0 Å². The molecule has 0 saturated carbocycles. The average Bonchev–Trinajstić information content (AvgIpc) is 2.57. The predicted octanol–water partition coefficient (Wildman–Crippen LogP) is 3.36. The molecule has 1 heterocycles. The van der Waals surface area contributed by atoms with Crippen molar-refractivity contribution in [1.29, 1.82) is 0 Å². The third kappa shape index (κ3) is 3.47. The van der Waals surface area contributed by atoms with Crippen LogP contribution in [0.4, 0.5) is 15.8 Å². The molecule has 130 valence electrons. The van der Waals surface area contributed by atoms with Gasteiger partial charge in [0.05, 0.1) is 11.4 Å². The molecule has 3 rings (SSSR count). The Morgan fingerprint density at radius 3 is 2.60 bits per heavy atom. The second-order valence-corrected chi connectivity index (χ2v) is 6.31. The first-order valence-electron chi connectivity index (χ1n) is 8.03. The molecule has 1 aliphatic rings. The molecular formula is C19H19FN2O3. The average molecular weight is 342 g/mol. The van der Waals surface area contributed by atoms with Crippen molar-refractivity contribution in [1.82, 2.24) is 0 Å². The van der Waals surface area contributed by atoms with Gasteiger partial charge in [0.25, 0.3) is 5.91 Å². The number of fused-ring (bicyclic) bond motifs is 1. The number of nitrogens with zero attached hydrogens (tertiary/aromatic N) is 1. The molecule has 25 heavy (non-hydrogen) atoms. The monoisotopic (exact) mass is 342 g/mol. The molecule has 0 saturated heterocycles. The van der Waals surface area contributed by atoms with Gasteiger partial charge in [-0.25, -0.2) is 4.39 Å². The maximum Gasteiger partial charge on any atom is 0.270 e. The normalized spacial score (nSPS) is 15.3. The molecule has 1 N–H and O–H groups in total. The largest absolute Gasteiger partial charge is 0.476 e. The summed E-state index contributed by atoms with van der Waals surface area (Å²) in [4.78, 5) is 26.3. The highest BCUT2D eigenvalue weighted by Crippen LogP contribution is 2.37. The van der Waals surface area contributed by atoms with Crippen molar-refractivity contribution < 1.29 is 18.7 Å². The van der Waals surface area contributed by atoms with Crippen LogP contribution in [0.1, 0.15) is 20.3 Å². The number of ether oxygens (including phenoxy) is 1. The molecule has 0 unspecified atom stereocenters. The van der Waals surface area contributed by atoms with E-state index in [4.69, 9.17) is 4.74 Å². The lowest BCUT2D eigenvalue weighted by Crippen LogP contribution is -2.53. The Morgan fingerprint density at radius 2 is 1.84 bits per heavy atom. The van der Waals surface area contributed by atoms with Crippen molar-refractivity contribution in [2.75, 3.05) is 16.8 Å². The maximum atomic E-state index is 13.6. The molecular weight excluding hydrogens is 323 g/mol. The van der Waals surface area contributed by atoms with Crippen molar-refractivity contribution in [2.24, 2.45) is 0 Å². The first kappa shape index (κ1) is 17.0. The van der Waals surface area contributed by atoms with Crippen LogP contribution in [0.25, 0.3) is 0 Å². The van der Waals surface area contributed by atoms with E-state index in [1.165, 1.54) is 12.1 Å². The number of rotatable bonds is 4. The molecule has 0 fully saturated rings. The van der Waals surface area contributed by atoms with E-state index >= 15 is 0 Å². The molecule has 0 aliphatic carbocycles. The molecule has 0 spiro atoms. The molecule has 5 nitrogen and oxygen atoms in total. The lowest BCUT2D eigenvalue weighted by Gasteiger charge is -2.38. The van der Waals surface area contributed by atoms with Crippen LogP contribution in [-0.4, -0.2) is 24.0 Å². The van der Waals surface area contributed by atoms with Crippen LogP contribution in [-0.2, 0) is 9.59 Å².